The summed E-state index contributed by atoms with van der Waals surface area (Å²) in [4.78, 5) is 14.0. The number of furan rings is 1. The molecule has 1 saturated heterocycles. The minimum atomic E-state index is -0.427. The normalized spacial score (nSPS) is 24.3. The van der Waals surface area contributed by atoms with Crippen molar-refractivity contribution in [2.75, 3.05) is 13.1 Å². The standard InChI is InChI=1S/C14H21NO3/c1-4-11-7-10(3)13(18-11)14(17)15-6-5-9(2)12(16)8-15/h7,9,12,16H,4-6,8H2,1-3H3. The molecule has 1 aromatic heterocycles. The van der Waals surface area contributed by atoms with Crippen molar-refractivity contribution in [3.05, 3.63) is 23.2 Å². The molecule has 0 radical (unpaired) electrons. The molecular weight excluding hydrogens is 230 g/mol. The maximum absolute atomic E-state index is 12.3. The van der Waals surface area contributed by atoms with Gasteiger partial charge in [0.15, 0.2) is 5.76 Å². The summed E-state index contributed by atoms with van der Waals surface area (Å²) in [5, 5.41) is 9.84. The Hall–Kier alpha value is -1.29. The molecule has 0 spiro atoms. The van der Waals surface area contributed by atoms with Crippen LogP contribution in [0.2, 0.25) is 0 Å². The molecule has 0 bridgehead atoms. The highest BCUT2D eigenvalue weighted by molar-refractivity contribution is 5.93. The highest BCUT2D eigenvalue weighted by Crippen LogP contribution is 2.22. The number of hydrogen-bond acceptors (Lipinski definition) is 3. The van der Waals surface area contributed by atoms with Gasteiger partial charge in [-0.1, -0.05) is 13.8 Å². The number of β-amino-alcohol motifs (C(OH)–C–C–N with tert-alkyl or cyclic N) is 1. The molecule has 2 unspecified atom stereocenters. The number of aliphatic hydroxyl groups excluding tert-OH is 1. The van der Waals surface area contributed by atoms with E-state index in [9.17, 15) is 9.90 Å². The van der Waals surface area contributed by atoms with Gasteiger partial charge in [-0.15, -0.1) is 0 Å². The number of amides is 1. The number of hydrogen-bond donors (Lipinski definition) is 1. The fourth-order valence-electron chi connectivity index (χ4n) is 2.31. The van der Waals surface area contributed by atoms with Crippen LogP contribution in [-0.4, -0.2) is 35.1 Å². The van der Waals surface area contributed by atoms with E-state index in [1.807, 2.05) is 26.8 Å². The maximum atomic E-state index is 12.3. The van der Waals surface area contributed by atoms with Crippen molar-refractivity contribution < 1.29 is 14.3 Å². The number of carbonyl (C=O) groups excluding carboxylic acids is 1. The van der Waals surface area contributed by atoms with Gasteiger partial charge in [0.05, 0.1) is 6.10 Å². The van der Waals surface area contributed by atoms with Gasteiger partial charge in [-0.25, -0.2) is 0 Å². The molecule has 18 heavy (non-hydrogen) atoms. The van der Waals surface area contributed by atoms with Crippen molar-refractivity contribution in [2.45, 2.75) is 39.7 Å². The van der Waals surface area contributed by atoms with E-state index in [4.69, 9.17) is 4.42 Å². The first-order valence-corrected chi connectivity index (χ1v) is 6.59. The van der Waals surface area contributed by atoms with Gasteiger partial charge in [0.2, 0.25) is 0 Å². The van der Waals surface area contributed by atoms with E-state index < -0.39 is 6.10 Å². The van der Waals surface area contributed by atoms with E-state index in [0.717, 1.165) is 24.2 Å². The Morgan fingerprint density at radius 1 is 1.61 bits per heavy atom. The zero-order chi connectivity index (χ0) is 13.3. The number of aliphatic hydroxyl groups is 1. The van der Waals surface area contributed by atoms with Crippen LogP contribution in [-0.2, 0) is 6.42 Å². The molecule has 0 saturated carbocycles. The minimum absolute atomic E-state index is 0.0989. The lowest BCUT2D eigenvalue weighted by Gasteiger charge is -2.33. The summed E-state index contributed by atoms with van der Waals surface area (Å²) in [6, 6.07) is 1.91. The zero-order valence-corrected chi connectivity index (χ0v) is 11.3. The summed E-state index contributed by atoms with van der Waals surface area (Å²) < 4.78 is 5.57. The van der Waals surface area contributed by atoms with E-state index in [2.05, 4.69) is 0 Å². The summed E-state index contributed by atoms with van der Waals surface area (Å²) in [6.45, 7) is 7.00. The first kappa shape index (κ1) is 13.1. The van der Waals surface area contributed by atoms with E-state index in [1.165, 1.54) is 0 Å². The lowest BCUT2D eigenvalue weighted by Crippen LogP contribution is -2.45. The highest BCUT2D eigenvalue weighted by atomic mass is 16.4. The van der Waals surface area contributed by atoms with Gasteiger partial charge in [0.25, 0.3) is 5.91 Å². The van der Waals surface area contributed by atoms with Crippen molar-refractivity contribution >= 4 is 5.91 Å². The van der Waals surface area contributed by atoms with Crippen LogP contribution in [0.25, 0.3) is 0 Å². The number of nitrogens with zero attached hydrogens (tertiary/aromatic N) is 1. The van der Waals surface area contributed by atoms with Crippen molar-refractivity contribution in [2.24, 2.45) is 5.92 Å². The molecule has 4 heteroatoms. The second-order valence-corrected chi connectivity index (χ2v) is 5.16. The highest BCUT2D eigenvalue weighted by Gasteiger charge is 2.30. The van der Waals surface area contributed by atoms with Crippen LogP contribution in [0.3, 0.4) is 0 Å². The number of aryl methyl sites for hydroxylation is 2. The fraction of sp³-hybridized carbons (Fsp3) is 0.643. The van der Waals surface area contributed by atoms with Crippen LogP contribution in [0.15, 0.2) is 10.5 Å². The van der Waals surface area contributed by atoms with Crippen LogP contribution in [0.5, 0.6) is 0 Å². The summed E-state index contributed by atoms with van der Waals surface area (Å²) in [7, 11) is 0. The largest absolute Gasteiger partial charge is 0.456 e. The van der Waals surface area contributed by atoms with Crippen LogP contribution in [0.1, 0.15) is 42.1 Å². The smallest absolute Gasteiger partial charge is 0.289 e. The molecule has 100 valence electrons. The zero-order valence-electron chi connectivity index (χ0n) is 11.3. The first-order valence-electron chi connectivity index (χ1n) is 6.59. The molecule has 1 N–H and O–H groups in total. The summed E-state index contributed by atoms with van der Waals surface area (Å²) in [5.74, 6) is 1.42. The summed E-state index contributed by atoms with van der Waals surface area (Å²) in [6.07, 6.45) is 1.20. The second kappa shape index (κ2) is 5.14. The topological polar surface area (TPSA) is 53.7 Å². The van der Waals surface area contributed by atoms with Gasteiger partial charge in [0.1, 0.15) is 5.76 Å². The Balaban J connectivity index is 2.13. The Kier molecular flexibility index (Phi) is 3.76. The molecule has 1 amide bonds. The monoisotopic (exact) mass is 251 g/mol. The van der Waals surface area contributed by atoms with E-state index in [1.54, 1.807) is 4.90 Å². The quantitative estimate of drug-likeness (QED) is 0.874. The van der Waals surface area contributed by atoms with Crippen molar-refractivity contribution in [3.63, 3.8) is 0 Å². The number of piperidine rings is 1. The van der Waals surface area contributed by atoms with Crippen LogP contribution < -0.4 is 0 Å². The predicted octanol–water partition coefficient (Wildman–Crippen LogP) is 1.99. The molecule has 0 aliphatic carbocycles. The Bertz CT molecular complexity index is 438. The molecule has 1 aliphatic heterocycles. The third kappa shape index (κ3) is 2.43. The first-order chi connectivity index (χ1) is 8.52. The molecule has 2 atom stereocenters. The molecule has 1 aliphatic rings. The SMILES string of the molecule is CCc1cc(C)c(C(=O)N2CCC(C)C(O)C2)o1. The summed E-state index contributed by atoms with van der Waals surface area (Å²) >= 11 is 0. The molecule has 2 rings (SSSR count). The van der Waals surface area contributed by atoms with Crippen molar-refractivity contribution in [1.82, 2.24) is 4.90 Å². The number of rotatable bonds is 2. The van der Waals surface area contributed by atoms with E-state index in [0.29, 0.717) is 18.8 Å². The second-order valence-electron chi connectivity index (χ2n) is 5.16. The number of carbonyl (C=O) groups is 1. The summed E-state index contributed by atoms with van der Waals surface area (Å²) in [5.41, 5.74) is 0.880. The lowest BCUT2D eigenvalue weighted by atomic mass is 9.96. The van der Waals surface area contributed by atoms with Crippen LogP contribution >= 0.6 is 0 Å². The average molecular weight is 251 g/mol. The third-order valence-electron chi connectivity index (χ3n) is 3.72. The molecule has 4 nitrogen and oxygen atoms in total. The molecule has 0 aromatic carbocycles. The fourth-order valence-corrected chi connectivity index (χ4v) is 2.31. The van der Waals surface area contributed by atoms with Crippen LogP contribution in [0.4, 0.5) is 0 Å². The molecule has 2 heterocycles. The Labute approximate surface area is 108 Å². The van der Waals surface area contributed by atoms with Gasteiger partial charge >= 0.3 is 0 Å². The molecule has 1 fully saturated rings. The number of likely N-dealkylation sites (tertiary alicyclic amines) is 1. The van der Waals surface area contributed by atoms with Gasteiger partial charge in [0, 0.05) is 25.1 Å². The van der Waals surface area contributed by atoms with E-state index >= 15 is 0 Å². The van der Waals surface area contributed by atoms with Gasteiger partial charge in [-0.05, 0) is 25.3 Å². The van der Waals surface area contributed by atoms with Crippen molar-refractivity contribution in [3.8, 4) is 0 Å². The Morgan fingerprint density at radius 2 is 2.33 bits per heavy atom. The average Bonchev–Trinajstić information content (AvgIpc) is 2.73. The van der Waals surface area contributed by atoms with Gasteiger partial charge < -0.3 is 14.4 Å². The third-order valence-corrected chi connectivity index (χ3v) is 3.72. The van der Waals surface area contributed by atoms with E-state index in [-0.39, 0.29) is 11.8 Å². The van der Waals surface area contributed by atoms with Gasteiger partial charge in [-0.3, -0.25) is 4.79 Å². The molecule has 1 aromatic rings. The molecular formula is C14H21NO3. The van der Waals surface area contributed by atoms with Gasteiger partial charge in [-0.2, -0.15) is 0 Å². The van der Waals surface area contributed by atoms with Crippen molar-refractivity contribution in [1.29, 1.82) is 0 Å². The Morgan fingerprint density at radius 3 is 2.89 bits per heavy atom. The minimum Gasteiger partial charge on any atom is -0.456 e. The van der Waals surface area contributed by atoms with Crippen LogP contribution in [0, 0.1) is 12.8 Å². The predicted molar refractivity (Wildman–Crippen MR) is 68.5 cm³/mol. The lowest BCUT2D eigenvalue weighted by molar-refractivity contribution is 0.0229. The maximum Gasteiger partial charge on any atom is 0.289 e.